The number of carbonyl (C=O) groups excluding carboxylic acids is 1. The van der Waals surface area contributed by atoms with E-state index in [2.05, 4.69) is 10.5 Å². The van der Waals surface area contributed by atoms with Crippen LogP contribution in [0.15, 0.2) is 114 Å². The molecule has 5 rings (SSSR count). The molecule has 37 heavy (non-hydrogen) atoms. The van der Waals surface area contributed by atoms with Crippen LogP contribution in [-0.4, -0.2) is 35.1 Å². The van der Waals surface area contributed by atoms with Gasteiger partial charge in [-0.25, -0.2) is 10.1 Å². The first-order valence-corrected chi connectivity index (χ1v) is 12.6. The van der Waals surface area contributed by atoms with Crippen molar-refractivity contribution in [2.75, 3.05) is 13.2 Å². The van der Waals surface area contributed by atoms with Gasteiger partial charge in [0, 0.05) is 11.8 Å². The summed E-state index contributed by atoms with van der Waals surface area (Å²) in [6.07, 6.45) is 3.50. The quantitative estimate of drug-likeness (QED) is 0.146. The Bertz CT molecular complexity index is 1470. The molecule has 0 bridgehead atoms. The molecule has 3 aromatic carbocycles. The van der Waals surface area contributed by atoms with Crippen molar-refractivity contribution >= 4 is 23.5 Å². The van der Waals surface area contributed by atoms with Gasteiger partial charge in [0.1, 0.15) is 30.4 Å². The molecule has 0 spiro atoms. The second kappa shape index (κ2) is 11.8. The normalized spacial score (nSPS) is 10.9. The Morgan fingerprint density at radius 2 is 1.62 bits per heavy atom. The van der Waals surface area contributed by atoms with Crippen molar-refractivity contribution in [3.8, 4) is 27.8 Å². The minimum atomic E-state index is -0.371. The Balaban J connectivity index is 1.26. The molecule has 1 N–H and O–H groups in total. The summed E-state index contributed by atoms with van der Waals surface area (Å²) in [5.74, 6) is 0.857. The summed E-state index contributed by atoms with van der Waals surface area (Å²) in [4.78, 5) is 13.9. The number of nitrogens with one attached hydrogen (secondary N) is 1. The number of rotatable bonds is 10. The minimum Gasteiger partial charge on any atom is -0.490 e. The zero-order valence-corrected chi connectivity index (χ0v) is 20.7. The van der Waals surface area contributed by atoms with Crippen LogP contribution in [0.25, 0.3) is 16.3 Å². The number of amides is 1. The monoisotopic (exact) mass is 508 g/mol. The van der Waals surface area contributed by atoms with Gasteiger partial charge in [0.15, 0.2) is 0 Å². The fourth-order valence-electron chi connectivity index (χ4n) is 3.63. The van der Waals surface area contributed by atoms with Gasteiger partial charge in [0.25, 0.3) is 5.91 Å². The van der Waals surface area contributed by atoms with Crippen LogP contribution < -0.4 is 14.9 Å². The van der Waals surface area contributed by atoms with E-state index >= 15 is 0 Å². The number of hydrogen-bond acceptors (Lipinski definition) is 6. The third-order valence-electron chi connectivity index (χ3n) is 5.37. The van der Waals surface area contributed by atoms with Crippen molar-refractivity contribution in [3.63, 3.8) is 0 Å². The third-order valence-corrected chi connectivity index (χ3v) is 6.25. The average molecular weight is 509 g/mol. The number of hydrogen-bond donors (Lipinski definition) is 1. The summed E-state index contributed by atoms with van der Waals surface area (Å²) in [7, 11) is 0. The molecule has 8 heteroatoms. The average Bonchev–Trinajstić information content (AvgIpc) is 3.63. The Labute approximate surface area is 218 Å². The van der Waals surface area contributed by atoms with E-state index < -0.39 is 0 Å². The van der Waals surface area contributed by atoms with E-state index in [0.717, 1.165) is 27.6 Å². The molecule has 0 saturated heterocycles. The first-order valence-electron chi connectivity index (χ1n) is 11.7. The summed E-state index contributed by atoms with van der Waals surface area (Å²) in [6, 6.07) is 30.4. The summed E-state index contributed by atoms with van der Waals surface area (Å²) in [6.45, 7) is 0.653. The van der Waals surface area contributed by atoms with Gasteiger partial charge >= 0.3 is 0 Å². The molecular formula is C29H24N4O3S. The minimum absolute atomic E-state index is 0.297. The molecule has 0 aliphatic carbocycles. The van der Waals surface area contributed by atoms with E-state index in [1.54, 1.807) is 40.4 Å². The van der Waals surface area contributed by atoms with E-state index in [4.69, 9.17) is 14.6 Å². The van der Waals surface area contributed by atoms with Crippen molar-refractivity contribution in [2.45, 2.75) is 0 Å². The van der Waals surface area contributed by atoms with Crippen LogP contribution in [0.1, 0.15) is 15.9 Å². The Morgan fingerprint density at radius 3 is 2.41 bits per heavy atom. The highest BCUT2D eigenvalue weighted by atomic mass is 32.1. The number of benzene rings is 3. The van der Waals surface area contributed by atoms with Crippen LogP contribution >= 0.6 is 11.3 Å². The van der Waals surface area contributed by atoms with Gasteiger partial charge in [0.2, 0.25) is 0 Å². The Kier molecular flexibility index (Phi) is 7.68. The molecule has 5 aromatic rings. The van der Waals surface area contributed by atoms with E-state index in [1.807, 2.05) is 90.4 Å². The SMILES string of the molecule is O=C(N/N=C\c1cn(-c2ccccc2)nc1-c1cccs1)c1ccccc1OCCOc1ccccc1. The van der Waals surface area contributed by atoms with Crippen LogP contribution in [0, 0.1) is 0 Å². The highest BCUT2D eigenvalue weighted by Gasteiger charge is 2.14. The van der Waals surface area contributed by atoms with Crippen LogP contribution in [-0.2, 0) is 0 Å². The number of aromatic nitrogens is 2. The molecule has 0 unspecified atom stereocenters. The number of hydrazone groups is 1. The van der Waals surface area contributed by atoms with E-state index in [0.29, 0.717) is 24.5 Å². The molecule has 7 nitrogen and oxygen atoms in total. The molecule has 184 valence electrons. The van der Waals surface area contributed by atoms with Gasteiger partial charge in [-0.1, -0.05) is 54.6 Å². The highest BCUT2D eigenvalue weighted by Crippen LogP contribution is 2.27. The molecule has 0 fully saturated rings. The first-order chi connectivity index (χ1) is 18.3. The highest BCUT2D eigenvalue weighted by molar-refractivity contribution is 7.13. The lowest BCUT2D eigenvalue weighted by molar-refractivity contribution is 0.0950. The summed E-state index contributed by atoms with van der Waals surface area (Å²) >= 11 is 1.59. The standard InChI is InChI=1S/C29H24N4O3S/c34-29(25-14-7-8-15-26(25)36-18-17-35-24-12-5-2-6-13-24)31-30-20-22-21-33(23-10-3-1-4-11-23)32-28(22)27-16-9-19-37-27/h1-16,19-21H,17-18H2,(H,31,34)/b30-20-. The maximum absolute atomic E-state index is 12.9. The maximum Gasteiger partial charge on any atom is 0.275 e. The van der Waals surface area contributed by atoms with Gasteiger partial charge in [-0.05, 0) is 47.8 Å². The number of carbonyl (C=O) groups is 1. The molecule has 0 radical (unpaired) electrons. The van der Waals surface area contributed by atoms with Gasteiger partial charge in [-0.15, -0.1) is 11.3 Å². The van der Waals surface area contributed by atoms with Gasteiger partial charge in [0.05, 0.1) is 22.3 Å². The molecule has 1 amide bonds. The van der Waals surface area contributed by atoms with Crippen molar-refractivity contribution in [1.29, 1.82) is 0 Å². The summed E-state index contributed by atoms with van der Waals surface area (Å²) in [5, 5.41) is 11.0. The molecule has 2 heterocycles. The van der Waals surface area contributed by atoms with Gasteiger partial charge in [-0.3, -0.25) is 4.79 Å². The fourth-order valence-corrected chi connectivity index (χ4v) is 4.36. The molecule has 0 aliphatic rings. The van der Waals surface area contributed by atoms with Crippen molar-refractivity contribution in [2.24, 2.45) is 5.10 Å². The van der Waals surface area contributed by atoms with E-state index in [-0.39, 0.29) is 5.91 Å². The fraction of sp³-hybridized carbons (Fsp3) is 0.0690. The first kappa shape index (κ1) is 24.0. The molecule has 0 saturated carbocycles. The Morgan fingerprint density at radius 1 is 0.892 bits per heavy atom. The zero-order valence-electron chi connectivity index (χ0n) is 19.9. The van der Waals surface area contributed by atoms with Crippen molar-refractivity contribution in [3.05, 3.63) is 120 Å². The van der Waals surface area contributed by atoms with Gasteiger partial charge in [-0.2, -0.15) is 10.2 Å². The van der Waals surface area contributed by atoms with Crippen LogP contribution in [0.3, 0.4) is 0 Å². The van der Waals surface area contributed by atoms with Crippen molar-refractivity contribution < 1.29 is 14.3 Å². The van der Waals surface area contributed by atoms with E-state index in [1.165, 1.54) is 0 Å². The van der Waals surface area contributed by atoms with Crippen LogP contribution in [0.4, 0.5) is 0 Å². The van der Waals surface area contributed by atoms with Crippen LogP contribution in [0.2, 0.25) is 0 Å². The second-order valence-corrected chi connectivity index (χ2v) is 8.84. The lowest BCUT2D eigenvalue weighted by atomic mass is 10.2. The van der Waals surface area contributed by atoms with E-state index in [9.17, 15) is 4.79 Å². The molecule has 0 atom stereocenters. The molecular weight excluding hydrogens is 484 g/mol. The zero-order chi connectivity index (χ0) is 25.3. The van der Waals surface area contributed by atoms with Gasteiger partial charge < -0.3 is 9.47 Å². The number of thiophene rings is 1. The number of nitrogens with zero attached hydrogens (tertiary/aromatic N) is 3. The largest absolute Gasteiger partial charge is 0.490 e. The summed E-state index contributed by atoms with van der Waals surface area (Å²) in [5.41, 5.74) is 5.51. The third kappa shape index (κ3) is 6.12. The van der Waals surface area contributed by atoms with Crippen molar-refractivity contribution in [1.82, 2.24) is 15.2 Å². The molecule has 2 aromatic heterocycles. The van der Waals surface area contributed by atoms with Crippen LogP contribution in [0.5, 0.6) is 11.5 Å². The summed E-state index contributed by atoms with van der Waals surface area (Å²) < 4.78 is 13.3. The lowest BCUT2D eigenvalue weighted by Gasteiger charge is -2.11. The smallest absolute Gasteiger partial charge is 0.275 e. The number of ether oxygens (including phenoxy) is 2. The second-order valence-electron chi connectivity index (χ2n) is 7.90. The number of para-hydroxylation sites is 3. The maximum atomic E-state index is 12.9. The lowest BCUT2D eigenvalue weighted by Crippen LogP contribution is -2.19. The predicted octanol–water partition coefficient (Wildman–Crippen LogP) is 5.82. The topological polar surface area (TPSA) is 77.7 Å². The predicted molar refractivity (Wildman–Crippen MR) is 146 cm³/mol. The molecule has 0 aliphatic heterocycles. The Hall–Kier alpha value is -4.69.